The summed E-state index contributed by atoms with van der Waals surface area (Å²) in [5, 5.41) is 0. The Labute approximate surface area is 447 Å². The van der Waals surface area contributed by atoms with E-state index in [1.165, 1.54) is 0 Å². The first-order valence-electron chi connectivity index (χ1n) is 27.3. The molecule has 0 spiro atoms. The van der Waals surface area contributed by atoms with Crippen molar-refractivity contribution in [3.05, 3.63) is 181 Å². The molecule has 0 amide bonds. The van der Waals surface area contributed by atoms with E-state index in [4.69, 9.17) is 39.4 Å². The van der Waals surface area contributed by atoms with Crippen LogP contribution in [0.25, 0.3) is 0 Å². The van der Waals surface area contributed by atoms with Crippen LogP contribution < -0.4 is 0 Å². The maximum absolute atomic E-state index is 14.6. The van der Waals surface area contributed by atoms with Gasteiger partial charge < -0.3 is 14.3 Å². The molecule has 76 heavy (non-hydrogen) atoms. The molecule has 0 radical (unpaired) electrons. The molecule has 6 aromatic heterocycles. The van der Waals surface area contributed by atoms with Crippen LogP contribution in [0.3, 0.4) is 0 Å². The fourth-order valence-corrected chi connectivity index (χ4v) is 13.9. The Morgan fingerprint density at radius 2 is 1.00 bits per heavy atom. The Morgan fingerprint density at radius 1 is 0.566 bits per heavy atom. The number of aromatic nitrogens is 6. The van der Waals surface area contributed by atoms with Crippen LogP contribution in [0.2, 0.25) is 0 Å². The summed E-state index contributed by atoms with van der Waals surface area (Å²) in [7, 11) is 4.33. The second kappa shape index (κ2) is 24.6. The van der Waals surface area contributed by atoms with Crippen molar-refractivity contribution in [1.82, 2.24) is 49.5 Å². The number of ether oxygens (including phenoxy) is 2. The van der Waals surface area contributed by atoms with Crippen LogP contribution in [0.15, 0.2) is 146 Å². The Kier molecular flexibility index (Phi) is 17.1. The van der Waals surface area contributed by atoms with Gasteiger partial charge in [-0.3, -0.25) is 59.1 Å². The van der Waals surface area contributed by atoms with Gasteiger partial charge in [0.25, 0.3) is 0 Å². The van der Waals surface area contributed by atoms with Gasteiger partial charge in [0, 0.05) is 100 Å². The first-order chi connectivity index (χ1) is 37.2. The van der Waals surface area contributed by atoms with Gasteiger partial charge in [0.05, 0.1) is 64.2 Å². The Bertz CT molecular complexity index is 2780. The molecule has 4 fully saturated rings. The number of likely N-dealkylation sites (tertiary alicyclic amines) is 4. The zero-order valence-electron chi connectivity index (χ0n) is 44.0. The van der Waals surface area contributed by atoms with Gasteiger partial charge in [0.2, 0.25) is 0 Å². The summed E-state index contributed by atoms with van der Waals surface area (Å²) in [4.78, 5) is 78.9. The maximum Gasteiger partial charge on any atom is 0.308 e. The number of rotatable bonds is 22. The number of esters is 2. The van der Waals surface area contributed by atoms with Crippen molar-refractivity contribution in [2.24, 2.45) is 28.6 Å². The smallest absolute Gasteiger partial charge is 0.308 e. The molecule has 4 aliphatic heterocycles. The number of piperidine rings is 4. The van der Waals surface area contributed by atoms with E-state index in [0.29, 0.717) is 64.7 Å². The zero-order valence-corrected chi connectivity index (χ0v) is 44.0. The third kappa shape index (κ3) is 12.0. The number of aldehydes is 1. The summed E-state index contributed by atoms with van der Waals surface area (Å²) in [5.41, 5.74) is 4.90. The minimum Gasteiger partial charge on any atom is -0.465 e. The molecular weight excluding hydrogens is 953 g/mol. The summed E-state index contributed by atoms with van der Waals surface area (Å²) < 4.78 is 13.0. The molecule has 9 unspecified atom stereocenters. The Balaban J connectivity index is 0.831. The molecule has 0 aromatic carbocycles. The van der Waals surface area contributed by atoms with Gasteiger partial charge in [-0.1, -0.05) is 42.8 Å². The summed E-state index contributed by atoms with van der Waals surface area (Å²) >= 11 is 0. The van der Waals surface area contributed by atoms with E-state index >= 15 is 0 Å². The summed E-state index contributed by atoms with van der Waals surface area (Å²) in [6.07, 6.45) is 17.1. The molecule has 4 saturated heterocycles. The summed E-state index contributed by atoms with van der Waals surface area (Å²) in [6, 6.07) is 36.1. The van der Waals surface area contributed by atoms with Crippen molar-refractivity contribution >= 4 is 18.2 Å². The molecular formula is C61H72N10O5. The lowest BCUT2D eigenvalue weighted by molar-refractivity contribution is -0.170. The number of unbranched alkanes of at least 4 members (excludes halogenated alkanes) is 2. The third-order valence-corrected chi connectivity index (χ3v) is 16.7. The van der Waals surface area contributed by atoms with Crippen LogP contribution in [0.5, 0.6) is 0 Å². The first-order valence-corrected chi connectivity index (χ1v) is 27.3. The quantitative estimate of drug-likeness (QED) is 0.0360. The van der Waals surface area contributed by atoms with Crippen molar-refractivity contribution in [2.45, 2.75) is 95.0 Å². The lowest BCUT2D eigenvalue weighted by Crippen LogP contribution is -2.62. The van der Waals surface area contributed by atoms with Crippen LogP contribution in [0, 0.1) is 28.6 Å². The average molecular weight is 1030 g/mol. The second-order valence-electron chi connectivity index (χ2n) is 22.0. The van der Waals surface area contributed by atoms with Crippen molar-refractivity contribution in [3.63, 3.8) is 0 Å². The molecule has 10 rings (SSSR count). The van der Waals surface area contributed by atoms with E-state index in [9.17, 15) is 14.4 Å². The molecule has 0 saturated carbocycles. The standard InChI is InChI=1S/C61H72N10O5/c1-68-55(50-23-7-14-30-64-50)46-35-60(57(68)52-25-9-16-32-66-52,41-70(37-46)39-48-21-5-12-28-62-48)43-75-54(73)27-4-3-19-45(20-11-18-34-72)59(74)76-44-61-36-47(38-71(42-61)40-49-22-6-13-29-63-49)56(51-24-8-15-31-65-51)69(2)58(61)53-26-10-17-33-67-53/h5-10,12-17,21-26,28-34,45-47,55-58H,3-4,11,18-20,27,35-44H2,1-2H3. The molecule has 15 heteroatoms. The fraction of sp³-hybridized carbons (Fsp3) is 0.459. The minimum atomic E-state index is -0.506. The molecule has 9 atom stereocenters. The van der Waals surface area contributed by atoms with Gasteiger partial charge in [-0.05, 0) is 137 Å². The lowest BCUT2D eigenvalue weighted by Gasteiger charge is -2.59. The molecule has 15 nitrogen and oxygen atoms in total. The van der Waals surface area contributed by atoms with E-state index in [-0.39, 0.29) is 67.6 Å². The minimum absolute atomic E-state index is 0.00769. The van der Waals surface area contributed by atoms with E-state index in [1.54, 1.807) is 0 Å². The number of fused-ring (bicyclic) bond motifs is 4. The SMILES string of the molecule is CN1C(c2ccccn2)C2CN(Cc3ccccn3)CC(COC(=O)CCCCC(CCCC=O)C(=O)OCC34CC(CN(Cc5ccccn5)C3)C(c3ccccn3)N(C)C4c3ccccn3)(C2)C1c1ccccn1. The zero-order chi connectivity index (χ0) is 52.3. The van der Waals surface area contributed by atoms with E-state index in [2.05, 4.69) is 82.2 Å². The summed E-state index contributed by atoms with van der Waals surface area (Å²) in [5.74, 6) is -0.552. The van der Waals surface area contributed by atoms with Crippen molar-refractivity contribution in [2.75, 3.05) is 53.5 Å². The predicted molar refractivity (Wildman–Crippen MR) is 287 cm³/mol. The van der Waals surface area contributed by atoms with Crippen molar-refractivity contribution in [3.8, 4) is 0 Å². The number of hydrogen-bond acceptors (Lipinski definition) is 15. The highest BCUT2D eigenvalue weighted by atomic mass is 16.5. The maximum atomic E-state index is 14.6. The normalized spacial score (nSPS) is 26.3. The van der Waals surface area contributed by atoms with Crippen LogP contribution in [0.4, 0.5) is 0 Å². The molecule has 10 heterocycles. The van der Waals surface area contributed by atoms with E-state index in [1.807, 2.05) is 97.8 Å². The highest BCUT2D eigenvalue weighted by molar-refractivity contribution is 5.72. The lowest BCUT2D eigenvalue weighted by atomic mass is 9.63. The Hall–Kier alpha value is -6.65. The van der Waals surface area contributed by atoms with Gasteiger partial charge in [-0.2, -0.15) is 0 Å². The largest absolute Gasteiger partial charge is 0.465 e. The number of pyridine rings is 6. The first kappa shape index (κ1) is 52.8. The molecule has 4 aliphatic rings. The Morgan fingerprint density at radius 3 is 1.43 bits per heavy atom. The van der Waals surface area contributed by atoms with Crippen LogP contribution in [-0.2, 0) is 36.9 Å². The monoisotopic (exact) mass is 1020 g/mol. The van der Waals surface area contributed by atoms with Crippen molar-refractivity contribution < 1.29 is 23.9 Å². The highest BCUT2D eigenvalue weighted by Gasteiger charge is 2.58. The molecule has 4 bridgehead atoms. The second-order valence-corrected chi connectivity index (χ2v) is 22.0. The average Bonchev–Trinajstić information content (AvgIpc) is 3.61. The topological polar surface area (TPSA) is 160 Å². The van der Waals surface area contributed by atoms with Gasteiger partial charge in [-0.15, -0.1) is 0 Å². The van der Waals surface area contributed by atoms with Gasteiger partial charge in [0.15, 0.2) is 0 Å². The van der Waals surface area contributed by atoms with Gasteiger partial charge in [0.1, 0.15) is 19.5 Å². The molecule has 0 N–H and O–H groups in total. The predicted octanol–water partition coefficient (Wildman–Crippen LogP) is 8.86. The van der Waals surface area contributed by atoms with Gasteiger partial charge in [-0.25, -0.2) is 0 Å². The number of nitrogens with zero attached hydrogens (tertiary/aromatic N) is 10. The number of carbonyl (C=O) groups excluding carboxylic acids is 3. The van der Waals surface area contributed by atoms with E-state index in [0.717, 1.165) is 66.4 Å². The summed E-state index contributed by atoms with van der Waals surface area (Å²) in [6.45, 7) is 4.85. The molecule has 0 aliphatic carbocycles. The molecule has 6 aromatic rings. The molecule has 396 valence electrons. The fourth-order valence-electron chi connectivity index (χ4n) is 13.9. The highest BCUT2D eigenvalue weighted by Crippen LogP contribution is 2.58. The van der Waals surface area contributed by atoms with E-state index < -0.39 is 16.7 Å². The number of carbonyl (C=O) groups is 3. The van der Waals surface area contributed by atoms with Crippen LogP contribution >= 0.6 is 0 Å². The van der Waals surface area contributed by atoms with Crippen molar-refractivity contribution in [1.29, 1.82) is 0 Å². The van der Waals surface area contributed by atoms with Gasteiger partial charge >= 0.3 is 11.9 Å². The van der Waals surface area contributed by atoms with Crippen LogP contribution in [0.1, 0.15) is 116 Å². The third-order valence-electron chi connectivity index (χ3n) is 16.7. The number of hydrogen-bond donors (Lipinski definition) is 0. The van der Waals surface area contributed by atoms with Crippen LogP contribution in [-0.4, -0.2) is 121 Å².